The van der Waals surface area contributed by atoms with Crippen molar-refractivity contribution in [2.24, 2.45) is 7.05 Å². The fraction of sp³-hybridized carbons (Fsp3) is 0.300. The monoisotopic (exact) mass is 257 g/mol. The van der Waals surface area contributed by atoms with Crippen LogP contribution in [0.3, 0.4) is 0 Å². The number of aromatic nitrogens is 4. The van der Waals surface area contributed by atoms with Crippen LogP contribution in [0.1, 0.15) is 11.4 Å². The van der Waals surface area contributed by atoms with E-state index >= 15 is 0 Å². The minimum atomic E-state index is -4.48. The summed E-state index contributed by atoms with van der Waals surface area (Å²) in [6.07, 6.45) is -1.92. The summed E-state index contributed by atoms with van der Waals surface area (Å²) >= 11 is 0. The maximum atomic E-state index is 12.5. The lowest BCUT2D eigenvalue weighted by molar-refractivity contribution is -0.141. The van der Waals surface area contributed by atoms with Crippen LogP contribution in [-0.2, 0) is 13.2 Å². The molecule has 2 aromatic rings. The topological polar surface area (TPSA) is 55.6 Å². The molecule has 18 heavy (non-hydrogen) atoms. The molecule has 2 heterocycles. The Bertz CT molecular complexity index is 561. The van der Waals surface area contributed by atoms with Gasteiger partial charge in [0.05, 0.1) is 17.6 Å². The second-order valence-electron chi connectivity index (χ2n) is 3.66. The average molecular weight is 257 g/mol. The van der Waals surface area contributed by atoms with E-state index in [1.54, 1.807) is 18.7 Å². The number of rotatable bonds is 2. The summed E-state index contributed by atoms with van der Waals surface area (Å²) in [5.41, 5.74) is 0.356. The molecule has 0 saturated heterocycles. The van der Waals surface area contributed by atoms with Gasteiger partial charge in [0.1, 0.15) is 5.69 Å². The molecule has 0 unspecified atom stereocenters. The van der Waals surface area contributed by atoms with Gasteiger partial charge in [-0.1, -0.05) is 0 Å². The molecule has 0 fully saturated rings. The van der Waals surface area contributed by atoms with Crippen LogP contribution in [0.15, 0.2) is 18.5 Å². The molecule has 0 amide bonds. The Morgan fingerprint density at radius 1 is 1.33 bits per heavy atom. The maximum absolute atomic E-state index is 12.5. The fourth-order valence-electron chi connectivity index (χ4n) is 1.32. The molecular weight excluding hydrogens is 247 g/mol. The Morgan fingerprint density at radius 2 is 2.06 bits per heavy atom. The van der Waals surface area contributed by atoms with E-state index in [0.717, 1.165) is 18.0 Å². The number of hydrogen-bond donors (Lipinski definition) is 1. The number of hydrogen-bond acceptors (Lipinski definition) is 4. The van der Waals surface area contributed by atoms with Crippen molar-refractivity contribution >= 4 is 11.6 Å². The number of alkyl halides is 3. The van der Waals surface area contributed by atoms with Crippen LogP contribution in [-0.4, -0.2) is 19.7 Å². The number of nitrogens with one attached hydrogen (secondary N) is 1. The third-order valence-electron chi connectivity index (χ3n) is 2.43. The molecule has 0 aliphatic carbocycles. The van der Waals surface area contributed by atoms with Gasteiger partial charge >= 0.3 is 6.18 Å². The van der Waals surface area contributed by atoms with Crippen LogP contribution < -0.4 is 5.32 Å². The molecule has 0 aliphatic heterocycles. The maximum Gasteiger partial charge on any atom is 0.433 e. The summed E-state index contributed by atoms with van der Waals surface area (Å²) in [5.74, 6) is -0.110. The van der Waals surface area contributed by atoms with E-state index in [4.69, 9.17) is 0 Å². The number of aryl methyl sites for hydroxylation is 1. The summed E-state index contributed by atoms with van der Waals surface area (Å²) in [4.78, 5) is 7.14. The predicted octanol–water partition coefficient (Wildman–Crippen LogP) is 2.28. The van der Waals surface area contributed by atoms with Gasteiger partial charge in [-0.2, -0.15) is 18.3 Å². The summed E-state index contributed by atoms with van der Waals surface area (Å²) in [5, 5.41) is 6.66. The average Bonchev–Trinajstić information content (AvgIpc) is 2.60. The first-order chi connectivity index (χ1) is 8.38. The van der Waals surface area contributed by atoms with Crippen molar-refractivity contribution in [2.45, 2.75) is 13.1 Å². The standard InChI is InChI=1S/C10H10F3N5/c1-6-7(5-15-18(6)2)16-9-14-4-3-8(17-9)10(11,12)13/h3-5H,1-2H3,(H,14,16,17). The Hall–Kier alpha value is -2.12. The largest absolute Gasteiger partial charge is 0.433 e. The molecule has 0 aromatic carbocycles. The molecule has 0 aliphatic rings. The Morgan fingerprint density at radius 3 is 2.61 bits per heavy atom. The van der Waals surface area contributed by atoms with Crippen LogP contribution in [0.25, 0.3) is 0 Å². The third-order valence-corrected chi connectivity index (χ3v) is 2.43. The third kappa shape index (κ3) is 2.41. The van der Waals surface area contributed by atoms with Crippen LogP contribution in [0.4, 0.5) is 24.8 Å². The van der Waals surface area contributed by atoms with E-state index in [9.17, 15) is 13.2 Å². The van der Waals surface area contributed by atoms with E-state index < -0.39 is 11.9 Å². The Labute approximate surface area is 101 Å². The zero-order valence-electron chi connectivity index (χ0n) is 9.65. The summed E-state index contributed by atoms with van der Waals surface area (Å²) in [6.45, 7) is 1.78. The molecular formula is C10H10F3N5. The zero-order valence-corrected chi connectivity index (χ0v) is 9.65. The van der Waals surface area contributed by atoms with Gasteiger partial charge < -0.3 is 5.32 Å². The molecule has 0 spiro atoms. The van der Waals surface area contributed by atoms with Crippen LogP contribution in [0.5, 0.6) is 0 Å². The van der Waals surface area contributed by atoms with E-state index in [-0.39, 0.29) is 5.95 Å². The molecule has 0 atom stereocenters. The van der Waals surface area contributed by atoms with Gasteiger partial charge in [-0.15, -0.1) is 0 Å². The summed E-state index contributed by atoms with van der Waals surface area (Å²) in [6, 6.07) is 0.821. The summed E-state index contributed by atoms with van der Waals surface area (Å²) < 4.78 is 39.0. The van der Waals surface area contributed by atoms with E-state index in [0.29, 0.717) is 5.69 Å². The molecule has 2 rings (SSSR count). The highest BCUT2D eigenvalue weighted by Gasteiger charge is 2.32. The molecule has 1 N–H and O–H groups in total. The molecule has 0 radical (unpaired) electrons. The van der Waals surface area contributed by atoms with Crippen molar-refractivity contribution in [2.75, 3.05) is 5.32 Å². The van der Waals surface area contributed by atoms with Crippen molar-refractivity contribution in [3.63, 3.8) is 0 Å². The number of nitrogens with zero attached hydrogens (tertiary/aromatic N) is 4. The molecule has 2 aromatic heterocycles. The fourth-order valence-corrected chi connectivity index (χ4v) is 1.32. The van der Waals surface area contributed by atoms with Gasteiger partial charge in [0.25, 0.3) is 0 Å². The van der Waals surface area contributed by atoms with Crippen molar-refractivity contribution in [3.8, 4) is 0 Å². The first-order valence-corrected chi connectivity index (χ1v) is 5.04. The van der Waals surface area contributed by atoms with Gasteiger partial charge in [-0.05, 0) is 13.0 Å². The molecule has 0 bridgehead atoms. The highest BCUT2D eigenvalue weighted by atomic mass is 19.4. The highest BCUT2D eigenvalue weighted by molar-refractivity contribution is 5.54. The van der Waals surface area contributed by atoms with Crippen LogP contribution in [0, 0.1) is 6.92 Å². The van der Waals surface area contributed by atoms with E-state index in [1.165, 1.54) is 6.20 Å². The molecule has 8 heteroatoms. The minimum absolute atomic E-state index is 0.110. The van der Waals surface area contributed by atoms with E-state index in [2.05, 4.69) is 20.4 Å². The first kappa shape index (κ1) is 12.3. The van der Waals surface area contributed by atoms with Gasteiger partial charge in [0.15, 0.2) is 0 Å². The smallest absolute Gasteiger partial charge is 0.321 e. The van der Waals surface area contributed by atoms with Crippen molar-refractivity contribution in [1.29, 1.82) is 0 Å². The van der Waals surface area contributed by atoms with Gasteiger partial charge in [0, 0.05) is 13.2 Å². The molecule has 0 saturated carbocycles. The second-order valence-corrected chi connectivity index (χ2v) is 3.66. The number of anilines is 2. The summed E-state index contributed by atoms with van der Waals surface area (Å²) in [7, 11) is 1.73. The Balaban J connectivity index is 2.28. The normalized spacial score (nSPS) is 11.6. The van der Waals surface area contributed by atoms with Crippen LogP contribution >= 0.6 is 0 Å². The zero-order chi connectivity index (χ0) is 13.3. The van der Waals surface area contributed by atoms with Crippen molar-refractivity contribution in [1.82, 2.24) is 19.7 Å². The predicted molar refractivity (Wildman–Crippen MR) is 58.3 cm³/mol. The Kier molecular flexibility index (Phi) is 2.93. The van der Waals surface area contributed by atoms with Gasteiger partial charge in [-0.25, -0.2) is 9.97 Å². The first-order valence-electron chi connectivity index (χ1n) is 5.04. The SMILES string of the molecule is Cc1c(Nc2nccc(C(F)(F)F)n2)cnn1C. The van der Waals surface area contributed by atoms with Crippen molar-refractivity contribution in [3.05, 3.63) is 29.8 Å². The molecule has 96 valence electrons. The lowest BCUT2D eigenvalue weighted by atomic mass is 10.4. The lowest BCUT2D eigenvalue weighted by Crippen LogP contribution is -2.10. The minimum Gasteiger partial charge on any atom is -0.321 e. The van der Waals surface area contributed by atoms with E-state index in [1.807, 2.05) is 0 Å². The second kappa shape index (κ2) is 4.28. The quantitative estimate of drug-likeness (QED) is 0.896. The molecule has 5 nitrogen and oxygen atoms in total. The lowest BCUT2D eigenvalue weighted by Gasteiger charge is -2.08. The van der Waals surface area contributed by atoms with Crippen molar-refractivity contribution < 1.29 is 13.2 Å². The van der Waals surface area contributed by atoms with Crippen LogP contribution in [0.2, 0.25) is 0 Å². The van der Waals surface area contributed by atoms with Gasteiger partial charge in [-0.3, -0.25) is 4.68 Å². The van der Waals surface area contributed by atoms with Gasteiger partial charge in [0.2, 0.25) is 5.95 Å². The number of halogens is 3. The highest BCUT2D eigenvalue weighted by Crippen LogP contribution is 2.28.